The first-order valence-electron chi connectivity index (χ1n) is 6.06. The second kappa shape index (κ2) is 4.35. The van der Waals surface area contributed by atoms with E-state index in [1.807, 2.05) is 30.6 Å². The fourth-order valence-electron chi connectivity index (χ4n) is 2.24. The third kappa shape index (κ3) is 1.90. The van der Waals surface area contributed by atoms with Crippen molar-refractivity contribution in [2.24, 2.45) is 0 Å². The lowest BCUT2D eigenvalue weighted by Gasteiger charge is -2.30. The lowest BCUT2D eigenvalue weighted by Crippen LogP contribution is -2.41. The zero-order valence-corrected chi connectivity index (χ0v) is 11.8. The maximum absolute atomic E-state index is 11.9. The summed E-state index contributed by atoms with van der Waals surface area (Å²) in [4.78, 5) is 19.1. The Labute approximate surface area is 115 Å². The second-order valence-corrected chi connectivity index (χ2v) is 5.66. The SMILES string of the molecule is Cc1scnc1-c1ccc2c(c1)N(C)C(=O)C(C)O2. The van der Waals surface area contributed by atoms with Crippen LogP contribution in [0.2, 0.25) is 0 Å². The number of ether oxygens (including phenoxy) is 1. The molecule has 1 unspecified atom stereocenters. The van der Waals surface area contributed by atoms with Crippen LogP contribution < -0.4 is 9.64 Å². The number of fused-ring (bicyclic) bond motifs is 1. The highest BCUT2D eigenvalue weighted by Gasteiger charge is 2.29. The molecule has 19 heavy (non-hydrogen) atoms. The van der Waals surface area contributed by atoms with Crippen molar-refractivity contribution in [3.63, 3.8) is 0 Å². The van der Waals surface area contributed by atoms with Gasteiger partial charge in [-0.15, -0.1) is 11.3 Å². The molecule has 1 aromatic carbocycles. The summed E-state index contributed by atoms with van der Waals surface area (Å²) in [7, 11) is 1.78. The Kier molecular flexibility index (Phi) is 2.78. The van der Waals surface area contributed by atoms with Crippen molar-refractivity contribution < 1.29 is 9.53 Å². The highest BCUT2D eigenvalue weighted by atomic mass is 32.1. The molecule has 5 heteroatoms. The predicted molar refractivity (Wildman–Crippen MR) is 75.8 cm³/mol. The topological polar surface area (TPSA) is 42.4 Å². The van der Waals surface area contributed by atoms with Crippen LogP contribution in [0.5, 0.6) is 5.75 Å². The van der Waals surface area contributed by atoms with E-state index in [0.717, 1.165) is 22.7 Å². The number of hydrogen-bond donors (Lipinski definition) is 0. The third-order valence-corrected chi connectivity index (χ3v) is 4.08. The largest absolute Gasteiger partial charge is 0.479 e. The van der Waals surface area contributed by atoms with E-state index < -0.39 is 6.10 Å². The molecule has 1 aliphatic rings. The molecule has 4 nitrogen and oxygen atoms in total. The molecular weight excluding hydrogens is 260 g/mol. The quantitative estimate of drug-likeness (QED) is 0.803. The lowest BCUT2D eigenvalue weighted by molar-refractivity contribution is -0.125. The second-order valence-electron chi connectivity index (χ2n) is 4.60. The van der Waals surface area contributed by atoms with E-state index in [2.05, 4.69) is 4.98 Å². The Bertz CT molecular complexity index is 651. The lowest BCUT2D eigenvalue weighted by atomic mass is 10.1. The number of anilines is 1. The van der Waals surface area contributed by atoms with Crippen LogP contribution in [-0.4, -0.2) is 24.0 Å². The molecule has 0 spiro atoms. The zero-order valence-electron chi connectivity index (χ0n) is 11.0. The monoisotopic (exact) mass is 274 g/mol. The van der Waals surface area contributed by atoms with E-state index in [1.165, 1.54) is 4.88 Å². The zero-order chi connectivity index (χ0) is 13.6. The minimum absolute atomic E-state index is 0.0281. The Balaban J connectivity index is 2.10. The molecule has 98 valence electrons. The van der Waals surface area contributed by atoms with Gasteiger partial charge in [-0.1, -0.05) is 0 Å². The van der Waals surface area contributed by atoms with Gasteiger partial charge in [0.15, 0.2) is 6.10 Å². The summed E-state index contributed by atoms with van der Waals surface area (Å²) < 4.78 is 5.61. The number of carbonyl (C=O) groups excluding carboxylic acids is 1. The van der Waals surface area contributed by atoms with Crippen LogP contribution in [0.3, 0.4) is 0 Å². The van der Waals surface area contributed by atoms with Gasteiger partial charge >= 0.3 is 0 Å². The van der Waals surface area contributed by atoms with E-state index in [4.69, 9.17) is 4.74 Å². The molecule has 0 bridgehead atoms. The van der Waals surface area contributed by atoms with Crippen LogP contribution in [0, 0.1) is 6.92 Å². The maximum atomic E-state index is 11.9. The van der Waals surface area contributed by atoms with Crippen LogP contribution in [0.25, 0.3) is 11.3 Å². The van der Waals surface area contributed by atoms with Crippen molar-refractivity contribution in [1.29, 1.82) is 0 Å². The molecule has 0 saturated carbocycles. The number of aromatic nitrogens is 1. The van der Waals surface area contributed by atoms with Gasteiger partial charge in [0.2, 0.25) is 0 Å². The molecule has 0 saturated heterocycles. The Morgan fingerprint density at radius 1 is 1.42 bits per heavy atom. The molecule has 0 fully saturated rings. The molecule has 1 amide bonds. The van der Waals surface area contributed by atoms with Crippen molar-refractivity contribution in [2.75, 3.05) is 11.9 Å². The van der Waals surface area contributed by atoms with Gasteiger partial charge in [-0.2, -0.15) is 0 Å². The number of carbonyl (C=O) groups is 1. The van der Waals surface area contributed by atoms with E-state index in [-0.39, 0.29) is 5.91 Å². The van der Waals surface area contributed by atoms with E-state index >= 15 is 0 Å². The van der Waals surface area contributed by atoms with Gasteiger partial charge in [0, 0.05) is 17.5 Å². The van der Waals surface area contributed by atoms with Crippen molar-refractivity contribution in [2.45, 2.75) is 20.0 Å². The van der Waals surface area contributed by atoms with Gasteiger partial charge in [-0.05, 0) is 32.0 Å². The van der Waals surface area contributed by atoms with Crippen LogP contribution >= 0.6 is 11.3 Å². The number of amides is 1. The van der Waals surface area contributed by atoms with Crippen LogP contribution in [0.4, 0.5) is 5.69 Å². The minimum atomic E-state index is -0.427. The summed E-state index contributed by atoms with van der Waals surface area (Å²) in [6, 6.07) is 5.85. The first kappa shape index (κ1) is 12.2. The van der Waals surface area contributed by atoms with Crippen molar-refractivity contribution in [3.8, 4) is 17.0 Å². The first-order valence-corrected chi connectivity index (χ1v) is 6.94. The van der Waals surface area contributed by atoms with E-state index in [1.54, 1.807) is 30.2 Å². The summed E-state index contributed by atoms with van der Waals surface area (Å²) in [6.07, 6.45) is -0.427. The van der Waals surface area contributed by atoms with Crippen molar-refractivity contribution in [3.05, 3.63) is 28.6 Å². The molecule has 0 N–H and O–H groups in total. The van der Waals surface area contributed by atoms with Gasteiger partial charge in [0.05, 0.1) is 16.9 Å². The van der Waals surface area contributed by atoms with E-state index in [9.17, 15) is 4.79 Å². The summed E-state index contributed by atoms with van der Waals surface area (Å²) in [5.41, 5.74) is 4.60. The average Bonchev–Trinajstić information content (AvgIpc) is 2.82. The molecule has 1 aromatic heterocycles. The van der Waals surface area contributed by atoms with Crippen molar-refractivity contribution >= 4 is 22.9 Å². The number of nitrogens with zero attached hydrogens (tertiary/aromatic N) is 2. The van der Waals surface area contributed by atoms with Crippen LogP contribution in [0.15, 0.2) is 23.7 Å². The smallest absolute Gasteiger partial charge is 0.267 e. The highest BCUT2D eigenvalue weighted by Crippen LogP contribution is 2.37. The summed E-state index contributed by atoms with van der Waals surface area (Å²) in [6.45, 7) is 3.81. The maximum Gasteiger partial charge on any atom is 0.267 e. The molecule has 1 atom stereocenters. The van der Waals surface area contributed by atoms with Crippen LogP contribution in [-0.2, 0) is 4.79 Å². The molecule has 2 aromatic rings. The summed E-state index contributed by atoms with van der Waals surface area (Å²) in [5.74, 6) is 0.714. The van der Waals surface area contributed by atoms with Crippen molar-refractivity contribution in [1.82, 2.24) is 4.98 Å². The highest BCUT2D eigenvalue weighted by molar-refractivity contribution is 7.10. The normalized spacial score (nSPS) is 18.2. The van der Waals surface area contributed by atoms with Gasteiger partial charge in [0.1, 0.15) is 5.75 Å². The number of benzene rings is 1. The molecular formula is C14H14N2O2S. The van der Waals surface area contributed by atoms with Gasteiger partial charge in [0.25, 0.3) is 5.91 Å². The first-order chi connectivity index (χ1) is 9.08. The number of thiazole rings is 1. The number of rotatable bonds is 1. The number of likely N-dealkylation sites (N-methyl/N-ethyl adjacent to an activating group) is 1. The van der Waals surface area contributed by atoms with Gasteiger partial charge < -0.3 is 9.64 Å². The molecule has 2 heterocycles. The minimum Gasteiger partial charge on any atom is -0.479 e. The Hall–Kier alpha value is -1.88. The number of hydrogen-bond acceptors (Lipinski definition) is 4. The Morgan fingerprint density at radius 2 is 2.21 bits per heavy atom. The van der Waals surface area contributed by atoms with E-state index in [0.29, 0.717) is 0 Å². The van der Waals surface area contributed by atoms with Gasteiger partial charge in [-0.25, -0.2) is 4.98 Å². The summed E-state index contributed by atoms with van der Waals surface area (Å²) in [5, 5.41) is 0. The fourth-order valence-corrected chi connectivity index (χ4v) is 2.84. The molecule has 3 rings (SSSR count). The Morgan fingerprint density at radius 3 is 2.89 bits per heavy atom. The number of aryl methyl sites for hydroxylation is 1. The predicted octanol–water partition coefficient (Wildman–Crippen LogP) is 2.86. The molecule has 0 aliphatic carbocycles. The fraction of sp³-hybridized carbons (Fsp3) is 0.286. The molecule has 1 aliphatic heterocycles. The molecule has 0 radical (unpaired) electrons. The average molecular weight is 274 g/mol. The standard InChI is InChI=1S/C14H14N2O2S/c1-8-14(17)16(3)11-6-10(4-5-12(11)18-8)13-9(2)19-7-15-13/h4-8H,1-3H3. The van der Waals surface area contributed by atoms with Gasteiger partial charge in [-0.3, -0.25) is 4.79 Å². The summed E-state index contributed by atoms with van der Waals surface area (Å²) >= 11 is 1.62. The van der Waals surface area contributed by atoms with Crippen LogP contribution in [0.1, 0.15) is 11.8 Å². The third-order valence-electron chi connectivity index (χ3n) is 3.32.